The van der Waals surface area contributed by atoms with Gasteiger partial charge in [-0.25, -0.2) is 0 Å². The lowest BCUT2D eigenvalue weighted by Crippen LogP contribution is -2.34. The molecule has 1 aliphatic rings. The summed E-state index contributed by atoms with van der Waals surface area (Å²) in [6.07, 6.45) is 5.34. The van der Waals surface area contributed by atoms with Crippen LogP contribution in [0.15, 0.2) is 24.3 Å². The Balaban J connectivity index is 2.07. The predicted molar refractivity (Wildman–Crippen MR) is 89.8 cm³/mol. The SMILES string of the molecule is CNCC1CCC(C(C)C)CC1Cc1cccc(OC)c1. The molecule has 0 bridgehead atoms. The van der Waals surface area contributed by atoms with Gasteiger partial charge >= 0.3 is 0 Å². The van der Waals surface area contributed by atoms with Crippen molar-refractivity contribution in [2.45, 2.75) is 39.5 Å². The lowest BCUT2D eigenvalue weighted by molar-refractivity contribution is 0.146. The van der Waals surface area contributed by atoms with Gasteiger partial charge in [0, 0.05) is 0 Å². The van der Waals surface area contributed by atoms with Crippen molar-refractivity contribution >= 4 is 0 Å². The fourth-order valence-electron chi connectivity index (χ4n) is 3.85. The average Bonchev–Trinajstić information content (AvgIpc) is 2.49. The van der Waals surface area contributed by atoms with Gasteiger partial charge < -0.3 is 10.1 Å². The molecule has 3 unspecified atom stereocenters. The highest BCUT2D eigenvalue weighted by Crippen LogP contribution is 2.39. The fourth-order valence-corrected chi connectivity index (χ4v) is 3.85. The minimum Gasteiger partial charge on any atom is -0.497 e. The van der Waals surface area contributed by atoms with Gasteiger partial charge in [0.2, 0.25) is 0 Å². The van der Waals surface area contributed by atoms with Crippen LogP contribution in [0.1, 0.15) is 38.7 Å². The second-order valence-electron chi connectivity index (χ2n) is 6.95. The fraction of sp³-hybridized carbons (Fsp3) is 0.684. The molecule has 2 heteroatoms. The molecular formula is C19H31NO. The minimum atomic E-state index is 0.797. The molecule has 1 N–H and O–H groups in total. The van der Waals surface area contributed by atoms with E-state index in [0.717, 1.165) is 36.0 Å². The van der Waals surface area contributed by atoms with E-state index in [1.165, 1.54) is 31.2 Å². The molecule has 1 saturated carbocycles. The summed E-state index contributed by atoms with van der Waals surface area (Å²) in [5.41, 5.74) is 1.42. The van der Waals surface area contributed by atoms with Crippen LogP contribution < -0.4 is 10.1 Å². The molecule has 3 atom stereocenters. The van der Waals surface area contributed by atoms with Gasteiger partial charge in [-0.15, -0.1) is 0 Å². The van der Waals surface area contributed by atoms with E-state index in [2.05, 4.69) is 44.4 Å². The van der Waals surface area contributed by atoms with Crippen molar-refractivity contribution in [3.05, 3.63) is 29.8 Å². The maximum Gasteiger partial charge on any atom is 0.119 e. The normalized spacial score (nSPS) is 26.0. The predicted octanol–water partition coefficient (Wildman–Crippen LogP) is 4.15. The van der Waals surface area contributed by atoms with E-state index < -0.39 is 0 Å². The number of rotatable bonds is 6. The standard InChI is InChI=1S/C19H31NO/c1-14(2)16-8-9-17(13-20-3)18(12-16)10-15-6-5-7-19(11-15)21-4/h5-7,11,14,16-18,20H,8-10,12-13H2,1-4H3. The van der Waals surface area contributed by atoms with Gasteiger partial charge in [-0.1, -0.05) is 26.0 Å². The van der Waals surface area contributed by atoms with E-state index in [1.54, 1.807) is 7.11 Å². The maximum absolute atomic E-state index is 5.37. The second-order valence-corrected chi connectivity index (χ2v) is 6.95. The minimum absolute atomic E-state index is 0.797. The van der Waals surface area contributed by atoms with Crippen LogP contribution in [0.3, 0.4) is 0 Å². The summed E-state index contributed by atoms with van der Waals surface area (Å²) in [5, 5.41) is 3.40. The van der Waals surface area contributed by atoms with E-state index >= 15 is 0 Å². The van der Waals surface area contributed by atoms with Crippen LogP contribution >= 0.6 is 0 Å². The Kier molecular flexibility index (Phi) is 6.10. The molecular weight excluding hydrogens is 258 g/mol. The van der Waals surface area contributed by atoms with Crippen LogP contribution in [0.2, 0.25) is 0 Å². The van der Waals surface area contributed by atoms with Crippen LogP contribution in [-0.2, 0) is 6.42 Å². The molecule has 1 aliphatic carbocycles. The summed E-state index contributed by atoms with van der Waals surface area (Å²) in [6.45, 7) is 5.91. The summed E-state index contributed by atoms with van der Waals surface area (Å²) < 4.78 is 5.37. The van der Waals surface area contributed by atoms with Gasteiger partial charge in [-0.2, -0.15) is 0 Å². The van der Waals surface area contributed by atoms with Crippen LogP contribution in [0, 0.1) is 23.7 Å². The van der Waals surface area contributed by atoms with Crippen LogP contribution in [0.25, 0.3) is 0 Å². The summed E-state index contributed by atoms with van der Waals surface area (Å²) in [6, 6.07) is 8.60. The Bertz CT molecular complexity index is 429. The van der Waals surface area contributed by atoms with Gasteiger partial charge in [-0.05, 0) is 80.6 Å². The topological polar surface area (TPSA) is 21.3 Å². The summed E-state index contributed by atoms with van der Waals surface area (Å²) in [5.74, 6) is 4.30. The highest BCUT2D eigenvalue weighted by molar-refractivity contribution is 5.28. The first-order valence-corrected chi connectivity index (χ1v) is 8.41. The molecule has 0 saturated heterocycles. The molecule has 2 nitrogen and oxygen atoms in total. The Labute approximate surface area is 130 Å². The molecule has 2 rings (SSSR count). The zero-order valence-electron chi connectivity index (χ0n) is 14.1. The number of benzene rings is 1. The van der Waals surface area contributed by atoms with Crippen LogP contribution in [0.4, 0.5) is 0 Å². The first-order valence-electron chi connectivity index (χ1n) is 8.41. The smallest absolute Gasteiger partial charge is 0.119 e. The molecule has 21 heavy (non-hydrogen) atoms. The summed E-state index contributed by atoms with van der Waals surface area (Å²) in [4.78, 5) is 0. The molecule has 0 aliphatic heterocycles. The number of nitrogens with one attached hydrogen (secondary N) is 1. The monoisotopic (exact) mass is 289 g/mol. The van der Waals surface area contributed by atoms with E-state index in [1.807, 2.05) is 6.07 Å². The highest BCUT2D eigenvalue weighted by Gasteiger charge is 2.31. The molecule has 1 aromatic carbocycles. The van der Waals surface area contributed by atoms with Gasteiger partial charge in [0.05, 0.1) is 7.11 Å². The second kappa shape index (κ2) is 7.84. The Morgan fingerprint density at radius 2 is 2.05 bits per heavy atom. The largest absolute Gasteiger partial charge is 0.497 e. The van der Waals surface area contributed by atoms with Crippen molar-refractivity contribution in [2.75, 3.05) is 20.7 Å². The van der Waals surface area contributed by atoms with Crippen molar-refractivity contribution in [3.8, 4) is 5.75 Å². The lowest BCUT2D eigenvalue weighted by Gasteiger charge is -2.38. The van der Waals surface area contributed by atoms with Crippen molar-refractivity contribution in [2.24, 2.45) is 23.7 Å². The molecule has 0 amide bonds. The van der Waals surface area contributed by atoms with Gasteiger partial charge in [0.25, 0.3) is 0 Å². The van der Waals surface area contributed by atoms with Crippen molar-refractivity contribution in [1.29, 1.82) is 0 Å². The van der Waals surface area contributed by atoms with Crippen LogP contribution in [0.5, 0.6) is 5.75 Å². The molecule has 0 heterocycles. The molecule has 0 spiro atoms. The van der Waals surface area contributed by atoms with E-state index in [0.29, 0.717) is 0 Å². The maximum atomic E-state index is 5.37. The number of ether oxygens (including phenoxy) is 1. The van der Waals surface area contributed by atoms with Crippen molar-refractivity contribution in [3.63, 3.8) is 0 Å². The van der Waals surface area contributed by atoms with E-state index in [9.17, 15) is 0 Å². The van der Waals surface area contributed by atoms with Crippen LogP contribution in [-0.4, -0.2) is 20.7 Å². The average molecular weight is 289 g/mol. The molecule has 0 radical (unpaired) electrons. The Hall–Kier alpha value is -1.02. The quantitative estimate of drug-likeness (QED) is 0.849. The lowest BCUT2D eigenvalue weighted by atomic mass is 9.68. The first kappa shape index (κ1) is 16.4. The Morgan fingerprint density at radius 1 is 1.24 bits per heavy atom. The number of hydrogen-bond donors (Lipinski definition) is 1. The highest BCUT2D eigenvalue weighted by atomic mass is 16.5. The zero-order valence-corrected chi connectivity index (χ0v) is 14.1. The van der Waals surface area contributed by atoms with Gasteiger partial charge in [-0.3, -0.25) is 0 Å². The molecule has 1 fully saturated rings. The molecule has 118 valence electrons. The van der Waals surface area contributed by atoms with E-state index in [-0.39, 0.29) is 0 Å². The van der Waals surface area contributed by atoms with Gasteiger partial charge in [0.15, 0.2) is 0 Å². The van der Waals surface area contributed by atoms with Gasteiger partial charge in [0.1, 0.15) is 5.75 Å². The molecule has 1 aromatic rings. The van der Waals surface area contributed by atoms with E-state index in [4.69, 9.17) is 4.74 Å². The number of hydrogen-bond acceptors (Lipinski definition) is 2. The zero-order chi connectivity index (χ0) is 15.2. The number of methoxy groups -OCH3 is 1. The van der Waals surface area contributed by atoms with Crippen molar-refractivity contribution < 1.29 is 4.74 Å². The summed E-state index contributed by atoms with van der Waals surface area (Å²) >= 11 is 0. The Morgan fingerprint density at radius 3 is 2.71 bits per heavy atom. The van der Waals surface area contributed by atoms with Crippen molar-refractivity contribution in [1.82, 2.24) is 5.32 Å². The third-order valence-electron chi connectivity index (χ3n) is 5.22. The first-order chi connectivity index (χ1) is 10.1. The summed E-state index contributed by atoms with van der Waals surface area (Å²) in [7, 11) is 3.83. The molecule has 0 aromatic heterocycles. The third kappa shape index (κ3) is 4.47. The third-order valence-corrected chi connectivity index (χ3v) is 5.22.